The molecule has 2 bridgehead atoms. The minimum absolute atomic E-state index is 0.00914. The first kappa shape index (κ1) is 54.6. The predicted octanol–water partition coefficient (Wildman–Crippen LogP) is 7.99. The van der Waals surface area contributed by atoms with E-state index in [1.165, 1.54) is 36.4 Å². The standard InChI is InChI=1S/C76H48O8/c1-48-5-11-51(12-6-48)23-35-60-41-66-69(44-63(60)38-25-53-15-9-50(3)10-16-53)76(84-4)70-45-64(39-27-55-19-31-58(32-20-55)73(80)81)61(36-24-52-13-7-49(2)8-14-52)42-67(70)75(66,47-77)68-43-62(37-26-54-17-29-57(30-18-54)72(78)79)65(46-71(68)76)40-28-56-21-33-59(34-22-56)74(82)83/h5-22,29-34,41-46,77H,47H2,1-4H3,(H,78,79)(H,80,81)(H,82,83)/p-3. The Bertz CT molecular complexity index is 4610. The molecule has 0 saturated heterocycles. The van der Waals surface area contributed by atoms with Crippen LogP contribution < -0.4 is 15.3 Å². The quantitative estimate of drug-likeness (QED) is 0.171. The molecule has 400 valence electrons. The summed E-state index contributed by atoms with van der Waals surface area (Å²) in [5.41, 5.74) is 11.4. The van der Waals surface area contributed by atoms with E-state index in [1.807, 2.05) is 130 Å². The summed E-state index contributed by atoms with van der Waals surface area (Å²) in [4.78, 5) is 35.2. The number of aliphatic hydroxyl groups excluding tert-OH is 1. The van der Waals surface area contributed by atoms with Gasteiger partial charge in [-0.1, -0.05) is 161 Å². The predicted molar refractivity (Wildman–Crippen MR) is 315 cm³/mol. The third-order valence-corrected chi connectivity index (χ3v) is 15.1. The number of carbonyl (C=O) groups excluding carboxylic acids is 3. The van der Waals surface area contributed by atoms with Crippen molar-refractivity contribution in [3.05, 3.63) is 316 Å². The highest BCUT2D eigenvalue weighted by molar-refractivity contribution is 5.87. The number of aliphatic hydroxyl groups is 1. The number of hydrogen-bond acceptors (Lipinski definition) is 8. The Hall–Kier alpha value is -11.3. The number of carboxylic acids is 3. The minimum Gasteiger partial charge on any atom is -0.545 e. The van der Waals surface area contributed by atoms with Crippen molar-refractivity contribution in [2.75, 3.05) is 13.7 Å². The van der Waals surface area contributed by atoms with E-state index in [1.54, 1.807) is 43.5 Å². The first-order valence-corrected chi connectivity index (χ1v) is 26.6. The zero-order chi connectivity index (χ0) is 58.7. The third kappa shape index (κ3) is 10.5. The summed E-state index contributed by atoms with van der Waals surface area (Å²) in [7, 11) is 1.63. The number of methoxy groups -OCH3 is 1. The fourth-order valence-electron chi connectivity index (χ4n) is 10.6. The zero-order valence-corrected chi connectivity index (χ0v) is 45.8. The number of hydrogen-bond donors (Lipinski definition) is 1. The number of ether oxygens (including phenoxy) is 1. The summed E-state index contributed by atoms with van der Waals surface area (Å²) < 4.78 is 7.12. The van der Waals surface area contributed by atoms with Gasteiger partial charge in [-0.15, -0.1) is 0 Å². The Morgan fingerprint density at radius 1 is 0.345 bits per heavy atom. The monoisotopic (exact) mass is 1090 g/mol. The summed E-state index contributed by atoms with van der Waals surface area (Å²) >= 11 is 0. The zero-order valence-electron chi connectivity index (χ0n) is 45.8. The van der Waals surface area contributed by atoms with Crippen molar-refractivity contribution in [3.8, 4) is 71.0 Å². The summed E-state index contributed by atoms with van der Waals surface area (Å²) in [5.74, 6) is 36.2. The van der Waals surface area contributed by atoms with Gasteiger partial charge in [-0.05, 0) is 180 Å². The summed E-state index contributed by atoms with van der Waals surface area (Å²) in [6.45, 7) is 5.55. The molecule has 9 aromatic rings. The molecule has 0 radical (unpaired) electrons. The van der Waals surface area contributed by atoms with Gasteiger partial charge in [0, 0.05) is 73.9 Å². The molecule has 12 rings (SSSR count). The van der Waals surface area contributed by atoms with E-state index in [4.69, 9.17) is 4.74 Å². The van der Waals surface area contributed by atoms with Gasteiger partial charge in [0.2, 0.25) is 0 Å². The van der Waals surface area contributed by atoms with Crippen LogP contribution in [0, 0.1) is 91.8 Å². The Morgan fingerprint density at radius 2 is 0.548 bits per heavy atom. The number of carbonyl (C=O) groups is 3. The Labute approximate surface area is 487 Å². The average molecular weight is 1090 g/mol. The van der Waals surface area contributed by atoms with Crippen LogP contribution in [0.15, 0.2) is 182 Å². The second kappa shape index (κ2) is 22.7. The van der Waals surface area contributed by atoms with E-state index in [0.717, 1.165) is 33.4 Å². The molecule has 0 aliphatic heterocycles. The fraction of sp³-hybridized carbons (Fsp3) is 0.0921. The van der Waals surface area contributed by atoms with Crippen molar-refractivity contribution in [1.82, 2.24) is 0 Å². The van der Waals surface area contributed by atoms with Crippen LogP contribution in [0.25, 0.3) is 0 Å². The first-order valence-electron chi connectivity index (χ1n) is 26.6. The molecular weight excluding hydrogens is 1040 g/mol. The molecule has 0 amide bonds. The number of aromatic carboxylic acids is 3. The van der Waals surface area contributed by atoms with Crippen LogP contribution in [0.4, 0.5) is 0 Å². The van der Waals surface area contributed by atoms with Gasteiger partial charge >= 0.3 is 0 Å². The van der Waals surface area contributed by atoms with E-state index in [0.29, 0.717) is 83.5 Å². The molecule has 2 unspecified atom stereocenters. The molecule has 84 heavy (non-hydrogen) atoms. The Morgan fingerprint density at radius 3 is 0.738 bits per heavy atom. The van der Waals surface area contributed by atoms with Gasteiger partial charge in [-0.3, -0.25) is 0 Å². The average Bonchev–Trinajstić information content (AvgIpc) is 0.663. The maximum Gasteiger partial charge on any atom is 0.144 e. The highest BCUT2D eigenvalue weighted by Crippen LogP contribution is 2.63. The SMILES string of the molecule is COC12c3cc(C#Cc4ccc(C)cc4)c(C#Cc4ccc(C)cc4)cc3C(CO)(c3cc(C#Cc4ccc(C)cc4)c(C#Cc4ccc(C(=O)[O-])cc4)cc31)c1cc(C#Cc3ccc(C(=O)[O-])cc3)c(C#Cc3ccc(C(=O)[O-])cc3)cc12. The largest absolute Gasteiger partial charge is 0.545 e. The maximum atomic E-state index is 12.7. The van der Waals surface area contributed by atoms with E-state index in [2.05, 4.69) is 71.0 Å². The lowest BCUT2D eigenvalue weighted by Gasteiger charge is -2.55. The number of rotatable bonds is 5. The molecular formula is C76H45O8-3. The fourth-order valence-corrected chi connectivity index (χ4v) is 10.6. The van der Waals surface area contributed by atoms with Crippen LogP contribution in [0.5, 0.6) is 0 Å². The van der Waals surface area contributed by atoms with Crippen LogP contribution in [-0.4, -0.2) is 36.7 Å². The lowest BCUT2D eigenvalue weighted by Crippen LogP contribution is -2.53. The van der Waals surface area contributed by atoms with Gasteiger partial charge < -0.3 is 39.5 Å². The van der Waals surface area contributed by atoms with E-state index in [9.17, 15) is 34.8 Å². The molecule has 3 aliphatic carbocycles. The Balaban J connectivity index is 1.23. The van der Waals surface area contributed by atoms with Gasteiger partial charge in [-0.2, -0.15) is 0 Å². The first-order chi connectivity index (χ1) is 40.6. The molecule has 3 aliphatic rings. The van der Waals surface area contributed by atoms with Crippen LogP contribution in [0.3, 0.4) is 0 Å². The summed E-state index contributed by atoms with van der Waals surface area (Å²) in [5, 5.41) is 47.9. The van der Waals surface area contributed by atoms with E-state index in [-0.39, 0.29) is 16.7 Å². The lowest BCUT2D eigenvalue weighted by atomic mass is 9.50. The van der Waals surface area contributed by atoms with Crippen molar-refractivity contribution >= 4 is 17.9 Å². The highest BCUT2D eigenvalue weighted by atomic mass is 16.5. The van der Waals surface area contributed by atoms with Crippen molar-refractivity contribution in [3.63, 3.8) is 0 Å². The molecule has 8 heteroatoms. The summed E-state index contributed by atoms with van der Waals surface area (Å²) in [6.07, 6.45) is 0. The molecule has 0 heterocycles. The number of benzene rings is 9. The molecule has 8 nitrogen and oxygen atoms in total. The number of aryl methyl sites for hydroxylation is 3. The Kier molecular flexibility index (Phi) is 14.7. The van der Waals surface area contributed by atoms with Gasteiger partial charge in [0.25, 0.3) is 0 Å². The van der Waals surface area contributed by atoms with Crippen molar-refractivity contribution < 1.29 is 39.5 Å². The van der Waals surface area contributed by atoms with Gasteiger partial charge in [0.1, 0.15) is 5.60 Å². The van der Waals surface area contributed by atoms with Crippen LogP contribution in [0.1, 0.15) is 148 Å². The normalized spacial score (nSPS) is 14.4. The smallest absolute Gasteiger partial charge is 0.144 e. The lowest BCUT2D eigenvalue weighted by molar-refractivity contribution is -0.256. The summed E-state index contributed by atoms with van der Waals surface area (Å²) in [6, 6.07) is 53.6. The number of carboxylic acid groups (broad SMARTS) is 3. The van der Waals surface area contributed by atoms with Crippen molar-refractivity contribution in [2.24, 2.45) is 0 Å². The molecule has 0 fully saturated rings. The molecule has 0 saturated carbocycles. The van der Waals surface area contributed by atoms with Gasteiger partial charge in [0.05, 0.1) is 29.9 Å². The third-order valence-electron chi connectivity index (χ3n) is 15.1. The maximum absolute atomic E-state index is 12.7. The van der Waals surface area contributed by atoms with Crippen LogP contribution in [-0.2, 0) is 15.8 Å². The topological polar surface area (TPSA) is 150 Å². The van der Waals surface area contributed by atoms with E-state index >= 15 is 0 Å². The highest BCUT2D eigenvalue weighted by Gasteiger charge is 2.60. The van der Waals surface area contributed by atoms with Crippen molar-refractivity contribution in [2.45, 2.75) is 31.8 Å². The van der Waals surface area contributed by atoms with Gasteiger partial charge in [0.15, 0.2) is 0 Å². The second-order valence-electron chi connectivity index (χ2n) is 20.5. The minimum atomic E-state index is -1.49. The van der Waals surface area contributed by atoms with Crippen LogP contribution >= 0.6 is 0 Å². The van der Waals surface area contributed by atoms with Crippen molar-refractivity contribution in [1.29, 1.82) is 0 Å². The van der Waals surface area contributed by atoms with E-state index < -0.39 is 35.5 Å². The van der Waals surface area contributed by atoms with Gasteiger partial charge in [-0.25, -0.2) is 0 Å². The molecule has 9 aromatic carbocycles. The molecule has 1 N–H and O–H groups in total. The van der Waals surface area contributed by atoms with Crippen LogP contribution in [0.2, 0.25) is 0 Å². The second-order valence-corrected chi connectivity index (χ2v) is 20.5. The molecule has 0 spiro atoms. The molecule has 0 aromatic heterocycles. The molecule has 2 atom stereocenters.